The monoisotopic (exact) mass is 225 g/mol. The van der Waals surface area contributed by atoms with Crippen molar-refractivity contribution in [2.75, 3.05) is 13.7 Å². The Morgan fingerprint density at radius 3 is 3.00 bits per heavy atom. The van der Waals surface area contributed by atoms with Gasteiger partial charge in [-0.3, -0.25) is 0 Å². The average Bonchev–Trinajstić information content (AvgIpc) is 2.29. The van der Waals surface area contributed by atoms with Gasteiger partial charge in [-0.25, -0.2) is 4.79 Å². The molecule has 1 rings (SSSR count). The van der Waals surface area contributed by atoms with Crippen LogP contribution in [0.2, 0.25) is 0 Å². The van der Waals surface area contributed by atoms with Crippen LogP contribution in [0.4, 0.5) is 0 Å². The minimum atomic E-state index is -1.53. The Morgan fingerprint density at radius 1 is 1.69 bits per heavy atom. The Hall–Kier alpha value is -1.53. The van der Waals surface area contributed by atoms with Crippen LogP contribution in [0.1, 0.15) is 12.6 Å². The molecule has 0 fully saturated rings. The molecule has 0 saturated carbocycles. The standard InChI is InChI=1S/C10H15N3O3/c1-10(15,9(14)16-2)7-11-6-8-4-3-5-12-13-8/h3-5,11,15H,6-7H2,1-2H3. The van der Waals surface area contributed by atoms with E-state index in [1.165, 1.54) is 14.0 Å². The first kappa shape index (κ1) is 12.5. The van der Waals surface area contributed by atoms with Crippen LogP contribution >= 0.6 is 0 Å². The Labute approximate surface area is 93.6 Å². The summed E-state index contributed by atoms with van der Waals surface area (Å²) in [5.74, 6) is -0.667. The third-order valence-electron chi connectivity index (χ3n) is 2.03. The summed E-state index contributed by atoms with van der Waals surface area (Å²) < 4.78 is 4.46. The molecule has 1 heterocycles. The Bertz CT molecular complexity index is 340. The fraction of sp³-hybridized carbons (Fsp3) is 0.500. The third-order valence-corrected chi connectivity index (χ3v) is 2.03. The van der Waals surface area contributed by atoms with Crippen LogP contribution in [0, 0.1) is 0 Å². The Morgan fingerprint density at radius 2 is 2.44 bits per heavy atom. The number of carbonyl (C=O) groups is 1. The van der Waals surface area contributed by atoms with E-state index in [-0.39, 0.29) is 6.54 Å². The summed E-state index contributed by atoms with van der Waals surface area (Å²) in [5, 5.41) is 20.2. The van der Waals surface area contributed by atoms with Gasteiger partial charge in [0.05, 0.1) is 12.8 Å². The van der Waals surface area contributed by atoms with Crippen molar-refractivity contribution in [2.24, 2.45) is 0 Å². The van der Waals surface area contributed by atoms with Gasteiger partial charge in [-0.2, -0.15) is 10.2 Å². The van der Waals surface area contributed by atoms with Crippen LogP contribution < -0.4 is 5.32 Å². The van der Waals surface area contributed by atoms with E-state index in [2.05, 4.69) is 20.3 Å². The molecule has 6 heteroatoms. The van der Waals surface area contributed by atoms with Gasteiger partial charge < -0.3 is 15.2 Å². The Balaban J connectivity index is 2.38. The number of aliphatic hydroxyl groups is 1. The summed E-state index contributed by atoms with van der Waals surface area (Å²) in [7, 11) is 1.24. The highest BCUT2D eigenvalue weighted by Gasteiger charge is 2.30. The zero-order valence-corrected chi connectivity index (χ0v) is 9.30. The van der Waals surface area contributed by atoms with Crippen molar-refractivity contribution >= 4 is 5.97 Å². The van der Waals surface area contributed by atoms with Crippen molar-refractivity contribution in [2.45, 2.75) is 19.1 Å². The second kappa shape index (κ2) is 5.53. The van der Waals surface area contributed by atoms with Crippen LogP contribution in [0.25, 0.3) is 0 Å². The van der Waals surface area contributed by atoms with E-state index in [1.54, 1.807) is 18.3 Å². The topological polar surface area (TPSA) is 84.3 Å². The summed E-state index contributed by atoms with van der Waals surface area (Å²) in [5.41, 5.74) is -0.792. The molecular weight excluding hydrogens is 210 g/mol. The van der Waals surface area contributed by atoms with Crippen molar-refractivity contribution in [1.29, 1.82) is 0 Å². The smallest absolute Gasteiger partial charge is 0.338 e. The van der Waals surface area contributed by atoms with Gasteiger partial charge in [0.1, 0.15) is 0 Å². The fourth-order valence-corrected chi connectivity index (χ4v) is 1.15. The van der Waals surface area contributed by atoms with Crippen molar-refractivity contribution in [3.05, 3.63) is 24.0 Å². The molecule has 16 heavy (non-hydrogen) atoms. The third kappa shape index (κ3) is 3.56. The maximum Gasteiger partial charge on any atom is 0.338 e. The van der Waals surface area contributed by atoms with E-state index in [4.69, 9.17) is 0 Å². The fourth-order valence-electron chi connectivity index (χ4n) is 1.15. The van der Waals surface area contributed by atoms with Gasteiger partial charge in [0.25, 0.3) is 0 Å². The van der Waals surface area contributed by atoms with Gasteiger partial charge >= 0.3 is 5.97 Å². The summed E-state index contributed by atoms with van der Waals surface area (Å²) >= 11 is 0. The number of nitrogens with one attached hydrogen (secondary N) is 1. The zero-order valence-electron chi connectivity index (χ0n) is 9.30. The maximum atomic E-state index is 11.1. The molecule has 2 N–H and O–H groups in total. The molecule has 1 aromatic rings. The highest BCUT2D eigenvalue weighted by Crippen LogP contribution is 2.04. The molecule has 0 radical (unpaired) electrons. The van der Waals surface area contributed by atoms with E-state index in [1.807, 2.05) is 0 Å². The van der Waals surface area contributed by atoms with Crippen molar-refractivity contribution < 1.29 is 14.6 Å². The number of ether oxygens (including phenoxy) is 1. The molecule has 0 aliphatic heterocycles. The second-order valence-electron chi connectivity index (χ2n) is 3.58. The average molecular weight is 225 g/mol. The van der Waals surface area contributed by atoms with Gasteiger partial charge in [0.2, 0.25) is 0 Å². The molecule has 6 nitrogen and oxygen atoms in total. The lowest BCUT2D eigenvalue weighted by Gasteiger charge is -2.20. The van der Waals surface area contributed by atoms with E-state index in [9.17, 15) is 9.90 Å². The molecule has 0 bridgehead atoms. The first-order valence-electron chi connectivity index (χ1n) is 4.84. The molecule has 1 unspecified atom stereocenters. The van der Waals surface area contributed by atoms with Gasteiger partial charge in [0, 0.05) is 19.3 Å². The molecule has 1 aromatic heterocycles. The van der Waals surface area contributed by atoms with Crippen LogP contribution in [0.15, 0.2) is 18.3 Å². The van der Waals surface area contributed by atoms with E-state index < -0.39 is 11.6 Å². The predicted molar refractivity (Wildman–Crippen MR) is 56.4 cm³/mol. The van der Waals surface area contributed by atoms with Crippen molar-refractivity contribution in [3.8, 4) is 0 Å². The summed E-state index contributed by atoms with van der Waals surface area (Å²) in [4.78, 5) is 11.1. The Kier molecular flexibility index (Phi) is 4.33. The maximum absolute atomic E-state index is 11.1. The number of nitrogens with zero attached hydrogens (tertiary/aromatic N) is 2. The van der Waals surface area contributed by atoms with Crippen molar-refractivity contribution in [1.82, 2.24) is 15.5 Å². The van der Waals surface area contributed by atoms with E-state index >= 15 is 0 Å². The lowest BCUT2D eigenvalue weighted by molar-refractivity contribution is -0.159. The van der Waals surface area contributed by atoms with Crippen LogP contribution in [-0.4, -0.2) is 40.5 Å². The summed E-state index contributed by atoms with van der Waals surface area (Å²) in [6, 6.07) is 3.56. The lowest BCUT2D eigenvalue weighted by atomic mass is 10.1. The number of carbonyl (C=O) groups excluding carboxylic acids is 1. The van der Waals surface area contributed by atoms with Crippen molar-refractivity contribution in [3.63, 3.8) is 0 Å². The van der Waals surface area contributed by atoms with Crippen LogP contribution in [0.3, 0.4) is 0 Å². The van der Waals surface area contributed by atoms with E-state index in [0.29, 0.717) is 6.54 Å². The molecule has 1 atom stereocenters. The molecule has 0 aliphatic carbocycles. The van der Waals surface area contributed by atoms with Crippen LogP contribution in [-0.2, 0) is 16.1 Å². The highest BCUT2D eigenvalue weighted by atomic mass is 16.5. The number of esters is 1. The molecule has 0 spiro atoms. The van der Waals surface area contributed by atoms with Gasteiger partial charge in [-0.1, -0.05) is 0 Å². The first-order valence-corrected chi connectivity index (χ1v) is 4.84. The molecule has 0 aliphatic rings. The van der Waals surface area contributed by atoms with E-state index in [0.717, 1.165) is 5.69 Å². The lowest BCUT2D eigenvalue weighted by Crippen LogP contribution is -2.45. The number of hydrogen-bond acceptors (Lipinski definition) is 6. The summed E-state index contributed by atoms with van der Waals surface area (Å²) in [6.45, 7) is 1.92. The van der Waals surface area contributed by atoms with Gasteiger partial charge in [0.15, 0.2) is 5.60 Å². The minimum absolute atomic E-state index is 0.0935. The summed E-state index contributed by atoms with van der Waals surface area (Å²) in [6.07, 6.45) is 1.58. The molecule has 88 valence electrons. The first-order chi connectivity index (χ1) is 7.56. The molecule has 0 saturated heterocycles. The zero-order chi connectivity index (χ0) is 12.0. The predicted octanol–water partition coefficient (Wildman–Crippen LogP) is -0.510. The largest absolute Gasteiger partial charge is 0.467 e. The number of aromatic nitrogens is 2. The normalized spacial score (nSPS) is 14.2. The quantitative estimate of drug-likeness (QED) is 0.657. The second-order valence-corrected chi connectivity index (χ2v) is 3.58. The number of rotatable bonds is 5. The SMILES string of the molecule is COC(=O)C(C)(O)CNCc1cccnn1. The molecular formula is C10H15N3O3. The number of hydrogen-bond donors (Lipinski definition) is 2. The highest BCUT2D eigenvalue weighted by molar-refractivity contribution is 5.78. The van der Waals surface area contributed by atoms with Crippen LogP contribution in [0.5, 0.6) is 0 Å². The number of methoxy groups -OCH3 is 1. The van der Waals surface area contributed by atoms with Gasteiger partial charge in [-0.15, -0.1) is 0 Å². The molecule has 0 amide bonds. The molecule has 0 aromatic carbocycles. The van der Waals surface area contributed by atoms with Gasteiger partial charge in [-0.05, 0) is 19.1 Å². The minimum Gasteiger partial charge on any atom is -0.467 e.